The van der Waals surface area contributed by atoms with E-state index >= 15 is 0 Å². The summed E-state index contributed by atoms with van der Waals surface area (Å²) in [6.45, 7) is 2.56. The highest BCUT2D eigenvalue weighted by Crippen LogP contribution is 2.54. The molecule has 3 aliphatic rings. The van der Waals surface area contributed by atoms with Gasteiger partial charge in [-0.05, 0) is 56.8 Å². The van der Waals surface area contributed by atoms with Crippen molar-refractivity contribution in [3.8, 4) is 0 Å². The lowest BCUT2D eigenvalue weighted by atomic mass is 9.70. The van der Waals surface area contributed by atoms with Crippen LogP contribution < -0.4 is 0 Å². The minimum Gasteiger partial charge on any atom is -0.481 e. The molecule has 96 valence electrons. The zero-order valence-electron chi connectivity index (χ0n) is 10.5. The molecule has 0 aromatic carbocycles. The molecule has 0 spiro atoms. The summed E-state index contributed by atoms with van der Waals surface area (Å²) in [7, 11) is 0. The standard InChI is InChI=1S/C14H22O3/c1-9-14(13(15)16,4-5-17-9)8-12-7-10-2-3-11(12)6-10/h9-12H,2-8H2,1H3,(H,15,16). The Labute approximate surface area is 103 Å². The van der Waals surface area contributed by atoms with Gasteiger partial charge < -0.3 is 9.84 Å². The zero-order valence-corrected chi connectivity index (χ0v) is 10.5. The van der Waals surface area contributed by atoms with Gasteiger partial charge in [0.1, 0.15) is 0 Å². The van der Waals surface area contributed by atoms with Crippen molar-refractivity contribution in [1.82, 2.24) is 0 Å². The molecule has 2 bridgehead atoms. The van der Waals surface area contributed by atoms with Gasteiger partial charge in [0.2, 0.25) is 0 Å². The maximum Gasteiger partial charge on any atom is 0.312 e. The SMILES string of the molecule is CC1OCCC1(CC1CC2CCC1C2)C(=O)O. The van der Waals surface area contributed by atoms with Crippen LogP contribution in [-0.4, -0.2) is 23.8 Å². The average Bonchev–Trinajstić information content (AvgIpc) is 2.95. The number of ether oxygens (including phenoxy) is 1. The quantitative estimate of drug-likeness (QED) is 0.822. The Bertz CT molecular complexity index is 327. The molecule has 2 aliphatic carbocycles. The molecule has 0 radical (unpaired) electrons. The van der Waals surface area contributed by atoms with Crippen LogP contribution in [0.3, 0.4) is 0 Å². The van der Waals surface area contributed by atoms with Crippen LogP contribution >= 0.6 is 0 Å². The predicted molar refractivity (Wildman–Crippen MR) is 63.7 cm³/mol. The van der Waals surface area contributed by atoms with E-state index < -0.39 is 11.4 Å². The molecule has 1 N–H and O–H groups in total. The fourth-order valence-corrected chi connectivity index (χ4v) is 4.51. The first-order chi connectivity index (χ1) is 8.12. The van der Waals surface area contributed by atoms with Crippen molar-refractivity contribution in [3.63, 3.8) is 0 Å². The van der Waals surface area contributed by atoms with Gasteiger partial charge in [-0.15, -0.1) is 0 Å². The lowest BCUT2D eigenvalue weighted by molar-refractivity contribution is -0.153. The Morgan fingerprint density at radius 1 is 1.41 bits per heavy atom. The van der Waals surface area contributed by atoms with Gasteiger partial charge in [0, 0.05) is 6.61 Å². The maximum atomic E-state index is 11.6. The molecule has 3 heteroatoms. The summed E-state index contributed by atoms with van der Waals surface area (Å²) < 4.78 is 5.54. The predicted octanol–water partition coefficient (Wildman–Crippen LogP) is 2.69. The second-order valence-corrected chi connectivity index (χ2v) is 6.36. The third-order valence-corrected chi connectivity index (χ3v) is 5.63. The Hall–Kier alpha value is -0.570. The molecule has 0 aromatic heterocycles. The van der Waals surface area contributed by atoms with Gasteiger partial charge in [-0.3, -0.25) is 4.79 Å². The number of rotatable bonds is 3. The summed E-state index contributed by atoms with van der Waals surface area (Å²) >= 11 is 0. The smallest absolute Gasteiger partial charge is 0.312 e. The molecular weight excluding hydrogens is 216 g/mol. The number of hydrogen-bond acceptors (Lipinski definition) is 2. The number of aliphatic carboxylic acids is 1. The van der Waals surface area contributed by atoms with Gasteiger partial charge >= 0.3 is 5.97 Å². The second-order valence-electron chi connectivity index (χ2n) is 6.36. The molecule has 3 rings (SSSR count). The Morgan fingerprint density at radius 3 is 2.71 bits per heavy atom. The van der Waals surface area contributed by atoms with E-state index in [4.69, 9.17) is 4.74 Å². The minimum absolute atomic E-state index is 0.112. The number of carboxylic acids is 1. The topological polar surface area (TPSA) is 46.5 Å². The van der Waals surface area contributed by atoms with E-state index in [2.05, 4.69) is 0 Å². The van der Waals surface area contributed by atoms with Crippen molar-refractivity contribution >= 4 is 5.97 Å². The number of hydrogen-bond donors (Lipinski definition) is 1. The molecular formula is C14H22O3. The van der Waals surface area contributed by atoms with E-state index in [0.29, 0.717) is 18.9 Å². The van der Waals surface area contributed by atoms with Gasteiger partial charge in [0.25, 0.3) is 0 Å². The molecule has 0 amide bonds. The van der Waals surface area contributed by atoms with Crippen LogP contribution in [0.4, 0.5) is 0 Å². The van der Waals surface area contributed by atoms with E-state index in [9.17, 15) is 9.90 Å². The largest absolute Gasteiger partial charge is 0.481 e. The highest BCUT2D eigenvalue weighted by atomic mass is 16.5. The summed E-state index contributed by atoms with van der Waals surface area (Å²) in [6, 6.07) is 0. The first-order valence-corrected chi connectivity index (χ1v) is 6.97. The van der Waals surface area contributed by atoms with Crippen LogP contribution in [-0.2, 0) is 9.53 Å². The fraction of sp³-hybridized carbons (Fsp3) is 0.929. The van der Waals surface area contributed by atoms with Crippen molar-refractivity contribution in [1.29, 1.82) is 0 Å². The summed E-state index contributed by atoms with van der Waals surface area (Å²) in [5.41, 5.74) is -0.588. The molecule has 5 unspecified atom stereocenters. The van der Waals surface area contributed by atoms with Crippen molar-refractivity contribution < 1.29 is 14.6 Å². The molecule has 2 saturated carbocycles. The first-order valence-electron chi connectivity index (χ1n) is 6.97. The number of fused-ring (bicyclic) bond motifs is 2. The van der Waals surface area contributed by atoms with Crippen LogP contribution in [0, 0.1) is 23.2 Å². The molecule has 3 nitrogen and oxygen atoms in total. The van der Waals surface area contributed by atoms with Gasteiger partial charge in [0.05, 0.1) is 11.5 Å². The van der Waals surface area contributed by atoms with E-state index in [-0.39, 0.29) is 6.10 Å². The minimum atomic E-state index is -0.634. The van der Waals surface area contributed by atoms with Crippen molar-refractivity contribution in [2.24, 2.45) is 23.2 Å². The maximum absolute atomic E-state index is 11.6. The zero-order chi connectivity index (χ0) is 12.0. The average molecular weight is 238 g/mol. The monoisotopic (exact) mass is 238 g/mol. The van der Waals surface area contributed by atoms with Crippen molar-refractivity contribution in [2.45, 2.75) is 51.6 Å². The van der Waals surface area contributed by atoms with E-state index in [1.54, 1.807) is 0 Å². The lowest BCUT2D eigenvalue weighted by Crippen LogP contribution is -2.40. The van der Waals surface area contributed by atoms with Crippen LogP contribution in [0.15, 0.2) is 0 Å². The number of carbonyl (C=O) groups is 1. The van der Waals surface area contributed by atoms with Gasteiger partial charge in [0.15, 0.2) is 0 Å². The Kier molecular flexibility index (Phi) is 2.69. The van der Waals surface area contributed by atoms with Gasteiger partial charge in [-0.2, -0.15) is 0 Å². The number of carboxylic acid groups (broad SMARTS) is 1. The third kappa shape index (κ3) is 1.70. The molecule has 1 saturated heterocycles. The van der Waals surface area contributed by atoms with Gasteiger partial charge in [-0.1, -0.05) is 6.42 Å². The van der Waals surface area contributed by atoms with Crippen LogP contribution in [0.25, 0.3) is 0 Å². The lowest BCUT2D eigenvalue weighted by Gasteiger charge is -2.33. The summed E-state index contributed by atoms with van der Waals surface area (Å²) in [5, 5.41) is 9.58. The highest BCUT2D eigenvalue weighted by molar-refractivity contribution is 5.75. The summed E-state index contributed by atoms with van der Waals surface area (Å²) in [4.78, 5) is 11.6. The molecule has 0 aromatic rings. The summed E-state index contributed by atoms with van der Waals surface area (Å²) in [5.74, 6) is 1.72. The van der Waals surface area contributed by atoms with Crippen molar-refractivity contribution in [2.75, 3.05) is 6.61 Å². The molecule has 3 fully saturated rings. The first kappa shape index (κ1) is 11.5. The van der Waals surface area contributed by atoms with Gasteiger partial charge in [-0.25, -0.2) is 0 Å². The Balaban J connectivity index is 1.75. The Morgan fingerprint density at radius 2 is 2.24 bits per heavy atom. The van der Waals surface area contributed by atoms with E-state index in [0.717, 1.165) is 18.3 Å². The highest BCUT2D eigenvalue weighted by Gasteiger charge is 2.52. The second kappa shape index (κ2) is 3.98. The van der Waals surface area contributed by atoms with Crippen molar-refractivity contribution in [3.05, 3.63) is 0 Å². The molecule has 17 heavy (non-hydrogen) atoms. The van der Waals surface area contributed by atoms with E-state index in [1.807, 2.05) is 6.92 Å². The van der Waals surface area contributed by atoms with Crippen LogP contribution in [0.2, 0.25) is 0 Å². The molecule has 1 aliphatic heterocycles. The molecule has 5 atom stereocenters. The normalized spacial score (nSPS) is 48.8. The fourth-order valence-electron chi connectivity index (χ4n) is 4.51. The van der Waals surface area contributed by atoms with Crippen LogP contribution in [0.5, 0.6) is 0 Å². The third-order valence-electron chi connectivity index (χ3n) is 5.63. The molecule has 1 heterocycles. The van der Waals surface area contributed by atoms with E-state index in [1.165, 1.54) is 25.7 Å². The van der Waals surface area contributed by atoms with Crippen LogP contribution in [0.1, 0.15) is 45.4 Å². The summed E-state index contributed by atoms with van der Waals surface area (Å²) in [6.07, 6.45) is 6.79.